The Hall–Kier alpha value is -2.10. The van der Waals surface area contributed by atoms with E-state index in [4.69, 9.17) is 4.74 Å². The van der Waals surface area contributed by atoms with Gasteiger partial charge in [-0.15, -0.1) is 22.7 Å². The molecule has 0 unspecified atom stereocenters. The van der Waals surface area contributed by atoms with Crippen LogP contribution in [0.3, 0.4) is 0 Å². The van der Waals surface area contributed by atoms with Crippen molar-refractivity contribution >= 4 is 33.7 Å². The normalized spacial score (nSPS) is 22.7. The molecular formula is C19H17N3O3S2. The zero-order valence-corrected chi connectivity index (χ0v) is 15.9. The Labute approximate surface area is 163 Å². The van der Waals surface area contributed by atoms with Crippen LogP contribution in [0.5, 0.6) is 0 Å². The molecule has 1 saturated heterocycles. The van der Waals surface area contributed by atoms with E-state index >= 15 is 0 Å². The fourth-order valence-corrected chi connectivity index (χ4v) is 5.23. The maximum Gasteiger partial charge on any atom is 0.142 e. The van der Waals surface area contributed by atoms with Crippen molar-refractivity contribution in [2.24, 2.45) is 0 Å². The Morgan fingerprint density at radius 3 is 2.93 bits per heavy atom. The van der Waals surface area contributed by atoms with Gasteiger partial charge in [0.15, 0.2) is 0 Å². The van der Waals surface area contributed by atoms with Crippen LogP contribution in [0.4, 0.5) is 0 Å². The molecule has 0 aliphatic carbocycles. The predicted molar refractivity (Wildman–Crippen MR) is 106 cm³/mol. The predicted octanol–water partition coefficient (Wildman–Crippen LogP) is 3.53. The van der Waals surface area contributed by atoms with Crippen LogP contribution < -0.4 is 0 Å². The molecular weight excluding hydrogens is 382 g/mol. The standard InChI is InChI=1S/C19H17N3O3S2/c23-10-14-13(24)8-17(25-14)22-6-4-12-11(3-5-20-18(12)22)16-9-21-19(27-16)15-2-1-7-26-15/h1-7,9,13-14,17,23-24H,8,10H2/t13-,14+,17+/m0/s1. The topological polar surface area (TPSA) is 80.4 Å². The lowest BCUT2D eigenvalue weighted by Gasteiger charge is -2.14. The van der Waals surface area contributed by atoms with Crippen molar-refractivity contribution in [1.82, 2.24) is 14.5 Å². The average Bonchev–Trinajstić information content (AvgIpc) is 3.45. The second kappa shape index (κ2) is 6.81. The maximum atomic E-state index is 10.0. The second-order valence-electron chi connectivity index (χ2n) is 6.44. The number of hydrogen-bond donors (Lipinski definition) is 2. The number of thiazole rings is 1. The minimum absolute atomic E-state index is 0.193. The Morgan fingerprint density at radius 2 is 2.15 bits per heavy atom. The lowest BCUT2D eigenvalue weighted by atomic mass is 10.1. The third-order valence-electron chi connectivity index (χ3n) is 4.81. The van der Waals surface area contributed by atoms with Crippen molar-refractivity contribution in [3.05, 3.63) is 48.2 Å². The number of pyridine rings is 1. The fourth-order valence-electron chi connectivity index (χ4n) is 3.47. The van der Waals surface area contributed by atoms with Gasteiger partial charge in [-0.05, 0) is 23.6 Å². The van der Waals surface area contributed by atoms with Gasteiger partial charge in [-0.2, -0.15) is 0 Å². The summed E-state index contributed by atoms with van der Waals surface area (Å²) < 4.78 is 7.72. The van der Waals surface area contributed by atoms with Gasteiger partial charge < -0.3 is 19.5 Å². The molecule has 4 aromatic heterocycles. The van der Waals surface area contributed by atoms with E-state index in [0.29, 0.717) is 6.42 Å². The SMILES string of the molecule is OC[C@H]1O[C@@H](n2ccc3c(-c4cnc(-c5cccs5)s4)ccnc32)C[C@@H]1O. The van der Waals surface area contributed by atoms with Gasteiger partial charge in [-0.25, -0.2) is 9.97 Å². The molecule has 4 aromatic rings. The van der Waals surface area contributed by atoms with Gasteiger partial charge in [0.25, 0.3) is 0 Å². The van der Waals surface area contributed by atoms with E-state index in [2.05, 4.69) is 21.4 Å². The van der Waals surface area contributed by atoms with Crippen LogP contribution in [-0.2, 0) is 4.74 Å². The van der Waals surface area contributed by atoms with E-state index in [9.17, 15) is 10.2 Å². The third-order valence-corrected chi connectivity index (χ3v) is 6.88. The Bertz CT molecular complexity index is 1070. The van der Waals surface area contributed by atoms with Crippen molar-refractivity contribution in [3.8, 4) is 20.3 Å². The number of ether oxygens (including phenoxy) is 1. The van der Waals surface area contributed by atoms with E-state index in [-0.39, 0.29) is 12.8 Å². The quantitative estimate of drug-likeness (QED) is 0.549. The average molecular weight is 399 g/mol. The van der Waals surface area contributed by atoms with Gasteiger partial charge in [0.05, 0.1) is 22.5 Å². The molecule has 2 N–H and O–H groups in total. The molecule has 0 bridgehead atoms. The van der Waals surface area contributed by atoms with Gasteiger partial charge in [-0.3, -0.25) is 0 Å². The van der Waals surface area contributed by atoms with Crippen LogP contribution in [0, 0.1) is 0 Å². The number of nitrogens with zero attached hydrogens (tertiary/aromatic N) is 3. The molecule has 1 fully saturated rings. The number of hydrogen-bond acceptors (Lipinski definition) is 7. The van der Waals surface area contributed by atoms with Gasteiger partial charge >= 0.3 is 0 Å². The monoisotopic (exact) mass is 399 g/mol. The third kappa shape index (κ3) is 2.90. The molecule has 0 aromatic carbocycles. The van der Waals surface area contributed by atoms with Crippen molar-refractivity contribution in [2.45, 2.75) is 24.9 Å². The Kier molecular flexibility index (Phi) is 4.30. The molecule has 0 amide bonds. The first-order valence-electron chi connectivity index (χ1n) is 8.64. The van der Waals surface area contributed by atoms with Crippen molar-refractivity contribution in [3.63, 3.8) is 0 Å². The molecule has 3 atom stereocenters. The maximum absolute atomic E-state index is 10.0. The molecule has 27 heavy (non-hydrogen) atoms. The van der Waals surface area contributed by atoms with E-state index in [1.165, 1.54) is 0 Å². The summed E-state index contributed by atoms with van der Waals surface area (Å²) in [5, 5.41) is 23.4. The summed E-state index contributed by atoms with van der Waals surface area (Å²) >= 11 is 3.34. The number of aliphatic hydroxyl groups is 2. The number of thiophene rings is 1. The molecule has 5 rings (SSSR count). The Balaban J connectivity index is 1.53. The van der Waals surface area contributed by atoms with E-state index < -0.39 is 12.2 Å². The first kappa shape index (κ1) is 17.0. The summed E-state index contributed by atoms with van der Waals surface area (Å²) in [6.45, 7) is -0.193. The van der Waals surface area contributed by atoms with Gasteiger partial charge in [0.2, 0.25) is 0 Å². The highest BCUT2D eigenvalue weighted by molar-refractivity contribution is 7.22. The molecule has 1 aliphatic heterocycles. The first-order chi connectivity index (χ1) is 13.2. The summed E-state index contributed by atoms with van der Waals surface area (Å²) in [5.41, 5.74) is 1.88. The lowest BCUT2D eigenvalue weighted by molar-refractivity contribution is -0.0430. The van der Waals surface area contributed by atoms with Crippen molar-refractivity contribution in [2.75, 3.05) is 6.61 Å². The summed E-state index contributed by atoms with van der Waals surface area (Å²) in [5.74, 6) is 0. The molecule has 8 heteroatoms. The van der Waals surface area contributed by atoms with Crippen LogP contribution >= 0.6 is 22.7 Å². The lowest BCUT2D eigenvalue weighted by Crippen LogP contribution is -2.24. The van der Waals surface area contributed by atoms with Gasteiger partial charge in [-0.1, -0.05) is 6.07 Å². The largest absolute Gasteiger partial charge is 0.394 e. The van der Waals surface area contributed by atoms with Crippen LogP contribution in [0.15, 0.2) is 48.2 Å². The molecule has 0 spiro atoms. The fraction of sp³-hybridized carbons (Fsp3) is 0.263. The number of aliphatic hydroxyl groups excluding tert-OH is 2. The zero-order valence-electron chi connectivity index (χ0n) is 14.2. The zero-order chi connectivity index (χ0) is 18.4. The van der Waals surface area contributed by atoms with Gasteiger partial charge in [0.1, 0.15) is 23.0 Å². The molecule has 0 radical (unpaired) electrons. The van der Waals surface area contributed by atoms with E-state index in [1.807, 2.05) is 35.2 Å². The minimum atomic E-state index is -0.671. The molecule has 0 saturated carbocycles. The number of fused-ring (bicyclic) bond motifs is 1. The molecule has 1 aliphatic rings. The highest BCUT2D eigenvalue weighted by atomic mass is 32.1. The first-order valence-corrected chi connectivity index (χ1v) is 10.3. The highest BCUT2D eigenvalue weighted by Gasteiger charge is 2.35. The molecule has 6 nitrogen and oxygen atoms in total. The highest BCUT2D eigenvalue weighted by Crippen LogP contribution is 2.38. The van der Waals surface area contributed by atoms with E-state index in [0.717, 1.165) is 31.4 Å². The summed E-state index contributed by atoms with van der Waals surface area (Å²) in [4.78, 5) is 11.4. The summed E-state index contributed by atoms with van der Waals surface area (Å²) in [6.07, 6.45) is 4.50. The molecule has 5 heterocycles. The Morgan fingerprint density at radius 1 is 1.22 bits per heavy atom. The van der Waals surface area contributed by atoms with Gasteiger partial charge in [0, 0.05) is 36.0 Å². The van der Waals surface area contributed by atoms with Crippen LogP contribution in [0.25, 0.3) is 31.4 Å². The van der Waals surface area contributed by atoms with Crippen LogP contribution in [0.2, 0.25) is 0 Å². The number of aromatic nitrogens is 3. The molecule has 138 valence electrons. The number of rotatable bonds is 4. The minimum Gasteiger partial charge on any atom is -0.394 e. The summed E-state index contributed by atoms with van der Waals surface area (Å²) in [6, 6.07) is 8.12. The van der Waals surface area contributed by atoms with Crippen molar-refractivity contribution < 1.29 is 14.9 Å². The van der Waals surface area contributed by atoms with E-state index in [1.54, 1.807) is 28.9 Å². The summed E-state index contributed by atoms with van der Waals surface area (Å²) in [7, 11) is 0. The van der Waals surface area contributed by atoms with Crippen LogP contribution in [0.1, 0.15) is 12.6 Å². The second-order valence-corrected chi connectivity index (χ2v) is 8.42. The van der Waals surface area contributed by atoms with Crippen molar-refractivity contribution in [1.29, 1.82) is 0 Å². The smallest absolute Gasteiger partial charge is 0.142 e. The van der Waals surface area contributed by atoms with Crippen LogP contribution in [-0.4, -0.2) is 43.6 Å².